The highest BCUT2D eigenvalue weighted by atomic mass is 35.5. The smallest absolute Gasteiger partial charge is 0.345 e. The summed E-state index contributed by atoms with van der Waals surface area (Å²) >= 11 is 6.17. The molecule has 0 saturated carbocycles. The van der Waals surface area contributed by atoms with E-state index in [4.69, 9.17) is 25.8 Å². The van der Waals surface area contributed by atoms with Crippen LogP contribution in [0, 0.1) is 5.92 Å². The number of fused-ring (bicyclic) bond motifs is 5. The van der Waals surface area contributed by atoms with Crippen molar-refractivity contribution in [2.45, 2.75) is 96.9 Å². The van der Waals surface area contributed by atoms with Gasteiger partial charge in [0.05, 0.1) is 6.42 Å². The Morgan fingerprint density at radius 1 is 1.11 bits per heavy atom. The number of ketones is 1. The molecule has 2 heterocycles. The van der Waals surface area contributed by atoms with Crippen LogP contribution in [-0.2, 0) is 21.7 Å². The summed E-state index contributed by atoms with van der Waals surface area (Å²) in [6, 6.07) is 8.99. The van der Waals surface area contributed by atoms with E-state index >= 15 is 0 Å². The highest BCUT2D eigenvalue weighted by molar-refractivity contribution is 6.30. The minimum absolute atomic E-state index is 0.0343. The first-order valence-corrected chi connectivity index (χ1v) is 14.2. The van der Waals surface area contributed by atoms with Crippen LogP contribution < -0.4 is 9.47 Å². The molecule has 0 saturated heterocycles. The van der Waals surface area contributed by atoms with Crippen LogP contribution in [0.3, 0.4) is 0 Å². The molecule has 5 rings (SSSR count). The monoisotopic (exact) mass is 536 g/mol. The van der Waals surface area contributed by atoms with Gasteiger partial charge in [0.2, 0.25) is 0 Å². The van der Waals surface area contributed by atoms with Crippen LogP contribution in [0.25, 0.3) is 0 Å². The third-order valence-electron chi connectivity index (χ3n) is 8.25. The molecule has 2 aliphatic heterocycles. The summed E-state index contributed by atoms with van der Waals surface area (Å²) in [5, 5.41) is 0.547. The number of hydrogen-bond donors (Lipinski definition) is 0. The summed E-state index contributed by atoms with van der Waals surface area (Å²) < 4.78 is 19.6. The summed E-state index contributed by atoms with van der Waals surface area (Å²) in [6.45, 7) is 10.1. The summed E-state index contributed by atoms with van der Waals surface area (Å²) in [6.07, 6.45) is 8.00. The van der Waals surface area contributed by atoms with Gasteiger partial charge >= 0.3 is 5.97 Å². The summed E-state index contributed by atoms with van der Waals surface area (Å²) in [5.74, 6) is -0.665. The predicted octanol–water partition coefficient (Wildman–Crippen LogP) is 8.06. The number of allylic oxidation sites excluding steroid dienone is 2. The number of ether oxygens (including phenoxy) is 3. The number of rotatable bonds is 7. The van der Waals surface area contributed by atoms with Gasteiger partial charge in [0.25, 0.3) is 5.79 Å². The molecule has 5 nitrogen and oxygen atoms in total. The lowest BCUT2D eigenvalue weighted by Crippen LogP contribution is -2.47. The molecule has 0 spiro atoms. The molecule has 0 N–H and O–H groups in total. The van der Waals surface area contributed by atoms with Crippen molar-refractivity contribution in [1.82, 2.24) is 0 Å². The van der Waals surface area contributed by atoms with Crippen molar-refractivity contribution in [2.24, 2.45) is 5.92 Å². The molecule has 202 valence electrons. The number of esters is 1. The third kappa shape index (κ3) is 4.75. The number of Topliss-reactive ketones (excluding diaryl/α,β-unsaturated/α-hetero) is 1. The van der Waals surface area contributed by atoms with Gasteiger partial charge in [-0.1, -0.05) is 43.0 Å². The molecule has 0 aromatic heterocycles. The van der Waals surface area contributed by atoms with Crippen molar-refractivity contribution in [2.75, 3.05) is 0 Å². The number of carbonyl (C=O) groups is 2. The van der Waals surface area contributed by atoms with E-state index in [1.807, 2.05) is 6.07 Å². The molecule has 38 heavy (non-hydrogen) atoms. The fraction of sp³-hybridized carbons (Fsp3) is 0.500. The summed E-state index contributed by atoms with van der Waals surface area (Å²) in [5.41, 5.74) is 3.75. The third-order valence-corrected chi connectivity index (χ3v) is 8.51. The van der Waals surface area contributed by atoms with E-state index in [1.165, 1.54) is 12.5 Å². The van der Waals surface area contributed by atoms with Gasteiger partial charge < -0.3 is 14.2 Å². The van der Waals surface area contributed by atoms with Crippen molar-refractivity contribution in [3.8, 4) is 11.5 Å². The average Bonchev–Trinajstić information content (AvgIpc) is 2.83. The maximum atomic E-state index is 13.9. The van der Waals surface area contributed by atoms with Crippen LogP contribution in [0.15, 0.2) is 42.0 Å². The van der Waals surface area contributed by atoms with Gasteiger partial charge in [-0.25, -0.2) is 4.79 Å². The minimum atomic E-state index is -1.58. The molecule has 2 aromatic rings. The first-order valence-electron chi connectivity index (χ1n) is 13.8. The van der Waals surface area contributed by atoms with E-state index < -0.39 is 11.8 Å². The number of benzene rings is 2. The largest absolute Gasteiger partial charge is 0.487 e. The number of carbonyl (C=O) groups excluding carboxylic acids is 2. The van der Waals surface area contributed by atoms with E-state index in [2.05, 4.69) is 33.8 Å². The zero-order chi connectivity index (χ0) is 27.2. The Bertz CT molecular complexity index is 1290. The van der Waals surface area contributed by atoms with Crippen LogP contribution in [0.4, 0.5) is 0 Å². The standard InChI is InChI=1S/C32H37ClO5/c1-6-7-8-9-21-17-26-28(24-16-19(2)10-15-25(24)31(4,5)36-26)29-27(21)30(35)38-32(37-29,18-20(3)34)22-11-13-23(33)14-12-22/h11-14,16-17,24-25H,6-10,15,18H2,1-5H3. The molecule has 2 aromatic carbocycles. The predicted molar refractivity (Wildman–Crippen MR) is 148 cm³/mol. The Morgan fingerprint density at radius 3 is 2.53 bits per heavy atom. The fourth-order valence-electron chi connectivity index (χ4n) is 6.40. The Hall–Kier alpha value is -2.79. The van der Waals surface area contributed by atoms with Gasteiger partial charge in [0, 0.05) is 28.0 Å². The Labute approximate surface area is 230 Å². The second kappa shape index (κ2) is 10.1. The highest BCUT2D eigenvalue weighted by Gasteiger charge is 2.51. The normalized spacial score (nSPS) is 25.1. The van der Waals surface area contributed by atoms with Crippen LogP contribution in [-0.4, -0.2) is 17.4 Å². The van der Waals surface area contributed by atoms with Crippen molar-refractivity contribution >= 4 is 23.4 Å². The summed E-state index contributed by atoms with van der Waals surface area (Å²) in [7, 11) is 0. The molecule has 3 atom stereocenters. The number of unbranched alkanes of at least 4 members (excludes halogenated alkanes) is 2. The minimum Gasteiger partial charge on any atom is -0.487 e. The van der Waals surface area contributed by atoms with Gasteiger partial charge in [-0.2, -0.15) is 0 Å². The molecular weight excluding hydrogens is 500 g/mol. The average molecular weight is 537 g/mol. The number of halogens is 1. The summed E-state index contributed by atoms with van der Waals surface area (Å²) in [4.78, 5) is 26.4. The molecule has 3 aliphatic rings. The topological polar surface area (TPSA) is 61.8 Å². The lowest BCUT2D eigenvalue weighted by atomic mass is 9.67. The zero-order valence-electron chi connectivity index (χ0n) is 23.0. The van der Waals surface area contributed by atoms with Crippen LogP contribution in [0.5, 0.6) is 11.5 Å². The molecule has 0 amide bonds. The van der Waals surface area contributed by atoms with Crippen LogP contribution in [0.2, 0.25) is 5.02 Å². The molecule has 3 unspecified atom stereocenters. The number of cyclic esters (lactones) is 1. The molecular formula is C32H37ClO5. The van der Waals surface area contributed by atoms with Gasteiger partial charge in [0.1, 0.15) is 28.4 Å². The lowest BCUT2D eigenvalue weighted by Gasteiger charge is -2.48. The molecule has 0 radical (unpaired) electrons. The SMILES string of the molecule is CCCCCc1cc2c(c3c1C(=O)OC(CC(C)=O)(c1ccc(Cl)cc1)O3)C1C=C(C)CCC1C(C)(C)O2. The van der Waals surface area contributed by atoms with Gasteiger partial charge in [-0.05, 0) is 89.3 Å². The van der Waals surface area contributed by atoms with E-state index in [1.54, 1.807) is 24.3 Å². The van der Waals surface area contributed by atoms with Gasteiger partial charge in [0.15, 0.2) is 0 Å². The molecule has 0 bridgehead atoms. The van der Waals surface area contributed by atoms with Crippen molar-refractivity contribution in [3.63, 3.8) is 0 Å². The molecule has 0 fully saturated rings. The second-order valence-electron chi connectivity index (χ2n) is 11.6. The van der Waals surface area contributed by atoms with Crippen molar-refractivity contribution in [3.05, 3.63) is 69.3 Å². The highest BCUT2D eigenvalue weighted by Crippen LogP contribution is 2.57. The lowest BCUT2D eigenvalue weighted by molar-refractivity contribution is -0.172. The van der Waals surface area contributed by atoms with Crippen LogP contribution >= 0.6 is 11.6 Å². The molecule has 1 aliphatic carbocycles. The first-order chi connectivity index (χ1) is 18.0. The first kappa shape index (κ1) is 26.8. The molecule has 6 heteroatoms. The van der Waals surface area contributed by atoms with E-state index in [0.29, 0.717) is 21.9 Å². The number of hydrogen-bond acceptors (Lipinski definition) is 5. The Morgan fingerprint density at radius 2 is 1.84 bits per heavy atom. The maximum Gasteiger partial charge on any atom is 0.345 e. The fourth-order valence-corrected chi connectivity index (χ4v) is 6.52. The van der Waals surface area contributed by atoms with E-state index in [0.717, 1.165) is 55.4 Å². The van der Waals surface area contributed by atoms with E-state index in [-0.39, 0.29) is 29.6 Å². The quantitative estimate of drug-likeness (QED) is 0.203. The van der Waals surface area contributed by atoms with Crippen LogP contribution in [0.1, 0.15) is 106 Å². The Kier molecular flexibility index (Phi) is 7.10. The van der Waals surface area contributed by atoms with E-state index in [9.17, 15) is 9.59 Å². The zero-order valence-corrected chi connectivity index (χ0v) is 23.7. The van der Waals surface area contributed by atoms with Crippen molar-refractivity contribution in [1.29, 1.82) is 0 Å². The van der Waals surface area contributed by atoms with Gasteiger partial charge in [-0.15, -0.1) is 0 Å². The Balaban J connectivity index is 1.75. The maximum absolute atomic E-state index is 13.9. The number of aryl methyl sites for hydroxylation is 1. The van der Waals surface area contributed by atoms with Gasteiger partial charge in [-0.3, -0.25) is 4.79 Å². The van der Waals surface area contributed by atoms with Crippen molar-refractivity contribution < 1.29 is 23.8 Å². The second-order valence-corrected chi connectivity index (χ2v) is 12.1.